The molecule has 92 valence electrons. The topological polar surface area (TPSA) is 55.8 Å². The fraction of sp³-hybridized carbons (Fsp3) is 0.462. The molecule has 0 bridgehead atoms. The van der Waals surface area contributed by atoms with Crippen LogP contribution in [0.5, 0.6) is 11.5 Å². The van der Waals surface area contributed by atoms with Crippen LogP contribution in [0.25, 0.3) is 0 Å². The first-order valence-corrected chi connectivity index (χ1v) is 5.57. The second-order valence-corrected chi connectivity index (χ2v) is 4.37. The van der Waals surface area contributed by atoms with E-state index in [4.69, 9.17) is 4.74 Å². The van der Waals surface area contributed by atoms with Crippen LogP contribution in [0, 0.1) is 13.8 Å². The number of rotatable bonds is 2. The third-order valence-electron chi connectivity index (χ3n) is 3.23. The van der Waals surface area contributed by atoms with E-state index in [1.54, 1.807) is 6.07 Å². The normalized spacial score (nSPS) is 17.5. The molecule has 2 rings (SSSR count). The van der Waals surface area contributed by atoms with Gasteiger partial charge in [-0.15, -0.1) is 0 Å². The van der Waals surface area contributed by atoms with Gasteiger partial charge in [-0.05, 0) is 25.5 Å². The average molecular weight is 236 g/mol. The first kappa shape index (κ1) is 11.8. The highest BCUT2D eigenvalue weighted by atomic mass is 16.5. The summed E-state index contributed by atoms with van der Waals surface area (Å²) in [6.45, 7) is 4.20. The maximum Gasteiger partial charge on any atom is 0.306 e. The lowest BCUT2D eigenvalue weighted by atomic mass is 9.92. The Morgan fingerprint density at radius 2 is 2.29 bits per heavy atom. The van der Waals surface area contributed by atoms with Crippen LogP contribution in [0.2, 0.25) is 0 Å². The van der Waals surface area contributed by atoms with Crippen molar-refractivity contribution in [1.29, 1.82) is 0 Å². The van der Waals surface area contributed by atoms with E-state index in [2.05, 4.69) is 4.74 Å². The predicted molar refractivity (Wildman–Crippen MR) is 62.4 cm³/mol. The molecule has 1 unspecified atom stereocenters. The van der Waals surface area contributed by atoms with Gasteiger partial charge in [0.2, 0.25) is 0 Å². The van der Waals surface area contributed by atoms with Gasteiger partial charge < -0.3 is 14.6 Å². The summed E-state index contributed by atoms with van der Waals surface area (Å²) in [5, 5.41) is 9.71. The van der Waals surface area contributed by atoms with Gasteiger partial charge in [-0.1, -0.05) is 0 Å². The minimum Gasteiger partial charge on any atom is -0.508 e. The number of phenols is 1. The molecule has 0 spiro atoms. The first-order chi connectivity index (χ1) is 8.04. The predicted octanol–water partition coefficient (Wildman–Crippen LogP) is 2.05. The van der Waals surface area contributed by atoms with Crippen molar-refractivity contribution in [2.24, 2.45) is 0 Å². The molecule has 4 heteroatoms. The number of fused-ring (bicyclic) bond motifs is 1. The quantitative estimate of drug-likeness (QED) is 0.798. The number of carbonyl (C=O) groups excluding carboxylic acids is 1. The minimum atomic E-state index is -0.239. The van der Waals surface area contributed by atoms with E-state index >= 15 is 0 Å². The summed E-state index contributed by atoms with van der Waals surface area (Å²) in [5.74, 6) is 0.740. The Morgan fingerprint density at radius 1 is 1.59 bits per heavy atom. The molecule has 17 heavy (non-hydrogen) atoms. The van der Waals surface area contributed by atoms with Crippen molar-refractivity contribution in [3.8, 4) is 11.5 Å². The number of hydrogen-bond acceptors (Lipinski definition) is 4. The second kappa shape index (κ2) is 4.28. The van der Waals surface area contributed by atoms with Crippen molar-refractivity contribution in [2.45, 2.75) is 26.2 Å². The number of hydrogen-bond donors (Lipinski definition) is 1. The van der Waals surface area contributed by atoms with E-state index in [0.29, 0.717) is 13.0 Å². The fourth-order valence-corrected chi connectivity index (χ4v) is 2.29. The van der Waals surface area contributed by atoms with Gasteiger partial charge in [0, 0.05) is 17.0 Å². The molecule has 0 amide bonds. The van der Waals surface area contributed by atoms with Gasteiger partial charge in [0.05, 0.1) is 20.1 Å². The Morgan fingerprint density at radius 3 is 2.94 bits per heavy atom. The van der Waals surface area contributed by atoms with Gasteiger partial charge >= 0.3 is 5.97 Å². The molecule has 1 aromatic carbocycles. The zero-order valence-electron chi connectivity index (χ0n) is 10.2. The van der Waals surface area contributed by atoms with Crippen molar-refractivity contribution in [2.75, 3.05) is 13.7 Å². The lowest BCUT2D eigenvalue weighted by Crippen LogP contribution is -2.10. The molecule has 0 saturated heterocycles. The van der Waals surface area contributed by atoms with E-state index in [0.717, 1.165) is 22.4 Å². The van der Waals surface area contributed by atoms with Gasteiger partial charge in [-0.25, -0.2) is 0 Å². The zero-order chi connectivity index (χ0) is 12.6. The molecule has 0 saturated carbocycles. The second-order valence-electron chi connectivity index (χ2n) is 4.37. The third-order valence-corrected chi connectivity index (χ3v) is 3.23. The smallest absolute Gasteiger partial charge is 0.306 e. The molecular weight excluding hydrogens is 220 g/mol. The molecule has 0 radical (unpaired) electrons. The maximum absolute atomic E-state index is 11.3. The number of phenolic OH excluding ortho intramolecular Hbond substituents is 1. The number of benzene rings is 1. The lowest BCUT2D eigenvalue weighted by molar-refractivity contribution is -0.141. The van der Waals surface area contributed by atoms with Crippen LogP contribution in [0.3, 0.4) is 0 Å². The average Bonchev–Trinajstić information content (AvgIpc) is 2.70. The largest absolute Gasteiger partial charge is 0.508 e. The molecule has 1 heterocycles. The van der Waals surface area contributed by atoms with Gasteiger partial charge in [0.25, 0.3) is 0 Å². The summed E-state index contributed by atoms with van der Waals surface area (Å²) >= 11 is 0. The Kier molecular flexibility index (Phi) is 2.96. The van der Waals surface area contributed by atoms with Gasteiger partial charge in [-0.3, -0.25) is 4.79 Å². The van der Waals surface area contributed by atoms with E-state index in [1.807, 2.05) is 13.8 Å². The van der Waals surface area contributed by atoms with Crippen molar-refractivity contribution in [1.82, 2.24) is 0 Å². The summed E-state index contributed by atoms with van der Waals surface area (Å²) in [5.41, 5.74) is 2.71. The Bertz CT molecular complexity index is 465. The summed E-state index contributed by atoms with van der Waals surface area (Å²) in [7, 11) is 1.38. The molecule has 0 aliphatic carbocycles. The zero-order valence-corrected chi connectivity index (χ0v) is 10.2. The molecule has 1 aliphatic heterocycles. The standard InChI is InChI=1S/C13H16O4/c1-7-4-10(14)8(2)13-12(7)9(6-17-13)5-11(15)16-3/h4,9,14H,5-6H2,1-3H3. The Balaban J connectivity index is 2.38. The molecule has 1 aliphatic rings. The molecule has 1 aromatic rings. The highest BCUT2D eigenvalue weighted by Gasteiger charge is 2.30. The van der Waals surface area contributed by atoms with Crippen molar-refractivity contribution in [3.63, 3.8) is 0 Å². The summed E-state index contributed by atoms with van der Waals surface area (Å²) in [6, 6.07) is 1.72. The maximum atomic E-state index is 11.3. The Labute approximate surface area is 100 Å². The number of methoxy groups -OCH3 is 1. The lowest BCUT2D eigenvalue weighted by Gasteiger charge is -2.11. The van der Waals surface area contributed by atoms with E-state index < -0.39 is 0 Å². The number of ether oxygens (including phenoxy) is 2. The van der Waals surface area contributed by atoms with Crippen LogP contribution in [-0.4, -0.2) is 24.8 Å². The Hall–Kier alpha value is -1.71. The van der Waals surface area contributed by atoms with Crippen LogP contribution in [0.4, 0.5) is 0 Å². The van der Waals surface area contributed by atoms with Crippen LogP contribution < -0.4 is 4.74 Å². The molecule has 4 nitrogen and oxygen atoms in total. The molecular formula is C13H16O4. The fourth-order valence-electron chi connectivity index (χ4n) is 2.29. The van der Waals surface area contributed by atoms with Crippen LogP contribution in [0.15, 0.2) is 6.07 Å². The van der Waals surface area contributed by atoms with Crippen LogP contribution >= 0.6 is 0 Å². The van der Waals surface area contributed by atoms with E-state index in [1.165, 1.54) is 7.11 Å². The van der Waals surface area contributed by atoms with Gasteiger partial charge in [-0.2, -0.15) is 0 Å². The van der Waals surface area contributed by atoms with Crippen LogP contribution in [0.1, 0.15) is 29.0 Å². The number of aryl methyl sites for hydroxylation is 1. The van der Waals surface area contributed by atoms with Crippen molar-refractivity contribution in [3.05, 3.63) is 22.8 Å². The monoisotopic (exact) mass is 236 g/mol. The van der Waals surface area contributed by atoms with Gasteiger partial charge in [0.15, 0.2) is 0 Å². The summed E-state index contributed by atoms with van der Waals surface area (Å²) in [4.78, 5) is 11.3. The molecule has 1 N–H and O–H groups in total. The van der Waals surface area contributed by atoms with Crippen LogP contribution in [-0.2, 0) is 9.53 Å². The molecule has 0 fully saturated rings. The first-order valence-electron chi connectivity index (χ1n) is 5.57. The molecule has 0 aromatic heterocycles. The molecule has 1 atom stereocenters. The highest BCUT2D eigenvalue weighted by molar-refractivity contribution is 5.71. The third kappa shape index (κ3) is 1.95. The number of esters is 1. The number of aromatic hydroxyl groups is 1. The van der Waals surface area contributed by atoms with Crippen molar-refractivity contribution < 1.29 is 19.4 Å². The minimum absolute atomic E-state index is 0.0248. The van der Waals surface area contributed by atoms with Crippen molar-refractivity contribution >= 4 is 5.97 Å². The van der Waals surface area contributed by atoms with Gasteiger partial charge in [0.1, 0.15) is 11.5 Å². The SMILES string of the molecule is COC(=O)CC1COc2c(C)c(O)cc(C)c21. The summed E-state index contributed by atoms with van der Waals surface area (Å²) < 4.78 is 10.3. The highest BCUT2D eigenvalue weighted by Crippen LogP contribution is 2.43. The number of carbonyl (C=O) groups is 1. The van der Waals surface area contributed by atoms with E-state index in [-0.39, 0.29) is 17.6 Å². The van der Waals surface area contributed by atoms with E-state index in [9.17, 15) is 9.90 Å². The summed E-state index contributed by atoms with van der Waals surface area (Å²) in [6.07, 6.45) is 0.314.